The monoisotopic (exact) mass is 285 g/mol. The summed E-state index contributed by atoms with van der Waals surface area (Å²) in [5.74, 6) is 0. The predicted octanol–water partition coefficient (Wildman–Crippen LogP) is 2.43. The lowest BCUT2D eigenvalue weighted by molar-refractivity contribution is 0.0345. The van der Waals surface area contributed by atoms with Crippen molar-refractivity contribution < 1.29 is 4.74 Å². The molecule has 0 radical (unpaired) electrons. The summed E-state index contributed by atoms with van der Waals surface area (Å²) in [6.07, 6.45) is 4.04. The third-order valence-corrected chi connectivity index (χ3v) is 4.60. The molecular weight excluding hydrogens is 262 g/mol. The SMILES string of the molecule is CNC(c1ccn(C)n1)C1(c2ccccc2)CCOCC1. The number of benzene rings is 1. The average molecular weight is 285 g/mol. The lowest BCUT2D eigenvalue weighted by Crippen LogP contribution is -2.45. The Kier molecular flexibility index (Phi) is 4.08. The quantitative estimate of drug-likeness (QED) is 0.938. The molecule has 1 aliphatic rings. The van der Waals surface area contributed by atoms with Gasteiger partial charge < -0.3 is 10.1 Å². The third-order valence-electron chi connectivity index (χ3n) is 4.60. The van der Waals surface area contributed by atoms with Crippen molar-refractivity contribution in [3.63, 3.8) is 0 Å². The molecule has 21 heavy (non-hydrogen) atoms. The maximum atomic E-state index is 5.63. The van der Waals surface area contributed by atoms with E-state index in [1.54, 1.807) is 0 Å². The van der Waals surface area contributed by atoms with Crippen molar-refractivity contribution in [3.05, 3.63) is 53.9 Å². The van der Waals surface area contributed by atoms with Crippen LogP contribution in [0.3, 0.4) is 0 Å². The van der Waals surface area contributed by atoms with Crippen LogP contribution in [0.4, 0.5) is 0 Å². The average Bonchev–Trinajstić information content (AvgIpc) is 2.96. The molecule has 1 N–H and O–H groups in total. The lowest BCUT2D eigenvalue weighted by atomic mass is 9.68. The number of hydrogen-bond acceptors (Lipinski definition) is 3. The zero-order valence-corrected chi connectivity index (χ0v) is 12.7. The van der Waals surface area contributed by atoms with Gasteiger partial charge in [-0.2, -0.15) is 5.10 Å². The number of nitrogens with one attached hydrogen (secondary N) is 1. The molecule has 1 aliphatic heterocycles. The maximum absolute atomic E-state index is 5.63. The lowest BCUT2D eigenvalue weighted by Gasteiger charge is -2.43. The topological polar surface area (TPSA) is 39.1 Å². The molecule has 1 saturated heterocycles. The van der Waals surface area contributed by atoms with E-state index in [2.05, 4.69) is 46.8 Å². The van der Waals surface area contributed by atoms with Crippen LogP contribution in [0.1, 0.15) is 30.1 Å². The van der Waals surface area contributed by atoms with Crippen LogP contribution in [0.5, 0.6) is 0 Å². The number of aryl methyl sites for hydroxylation is 1. The summed E-state index contributed by atoms with van der Waals surface area (Å²) in [4.78, 5) is 0. The Hall–Kier alpha value is -1.65. The van der Waals surface area contributed by atoms with Gasteiger partial charge in [0.1, 0.15) is 0 Å². The number of rotatable bonds is 4. The van der Waals surface area contributed by atoms with Gasteiger partial charge in [0.2, 0.25) is 0 Å². The van der Waals surface area contributed by atoms with Crippen LogP contribution in [0.2, 0.25) is 0 Å². The fourth-order valence-corrected chi connectivity index (χ4v) is 3.54. The summed E-state index contributed by atoms with van der Waals surface area (Å²) in [7, 11) is 3.99. The van der Waals surface area contributed by atoms with Crippen LogP contribution < -0.4 is 5.32 Å². The zero-order chi connectivity index (χ0) is 14.7. The van der Waals surface area contributed by atoms with Gasteiger partial charge in [0.15, 0.2) is 0 Å². The first-order chi connectivity index (χ1) is 10.3. The Morgan fingerprint density at radius 3 is 2.48 bits per heavy atom. The molecule has 0 spiro atoms. The van der Waals surface area contributed by atoms with Crippen molar-refractivity contribution in [1.29, 1.82) is 0 Å². The highest BCUT2D eigenvalue weighted by atomic mass is 16.5. The van der Waals surface area contributed by atoms with E-state index in [-0.39, 0.29) is 11.5 Å². The molecule has 1 unspecified atom stereocenters. The van der Waals surface area contributed by atoms with E-state index in [0.717, 1.165) is 31.7 Å². The van der Waals surface area contributed by atoms with Gasteiger partial charge in [0.25, 0.3) is 0 Å². The number of nitrogens with zero attached hydrogens (tertiary/aromatic N) is 2. The summed E-state index contributed by atoms with van der Waals surface area (Å²) in [5.41, 5.74) is 2.52. The van der Waals surface area contributed by atoms with Crippen molar-refractivity contribution >= 4 is 0 Å². The summed E-state index contributed by atoms with van der Waals surface area (Å²) in [6.45, 7) is 1.61. The van der Waals surface area contributed by atoms with Crippen LogP contribution in [-0.4, -0.2) is 30.0 Å². The molecule has 1 aromatic carbocycles. The van der Waals surface area contributed by atoms with Crippen LogP contribution >= 0.6 is 0 Å². The second-order valence-electron chi connectivity index (χ2n) is 5.77. The Morgan fingerprint density at radius 2 is 1.90 bits per heavy atom. The van der Waals surface area contributed by atoms with Crippen molar-refractivity contribution in [2.24, 2.45) is 7.05 Å². The first-order valence-electron chi connectivity index (χ1n) is 7.56. The van der Waals surface area contributed by atoms with Crippen LogP contribution in [0, 0.1) is 0 Å². The van der Waals surface area contributed by atoms with Gasteiger partial charge in [-0.05, 0) is 31.5 Å². The van der Waals surface area contributed by atoms with Gasteiger partial charge in [-0.15, -0.1) is 0 Å². The molecule has 1 aromatic heterocycles. The maximum Gasteiger partial charge on any atom is 0.0802 e. The summed E-state index contributed by atoms with van der Waals surface area (Å²) in [5, 5.41) is 8.15. The highest BCUT2D eigenvalue weighted by Crippen LogP contribution is 2.44. The molecule has 2 aromatic rings. The first-order valence-corrected chi connectivity index (χ1v) is 7.56. The Labute approximate surface area is 126 Å². The summed E-state index contributed by atoms with van der Waals surface area (Å²) < 4.78 is 7.50. The molecule has 112 valence electrons. The fraction of sp³-hybridized carbons (Fsp3) is 0.471. The van der Waals surface area contributed by atoms with Crippen molar-refractivity contribution in [2.75, 3.05) is 20.3 Å². The van der Waals surface area contributed by atoms with Crippen LogP contribution in [-0.2, 0) is 17.2 Å². The minimum absolute atomic E-state index is 0.0443. The largest absolute Gasteiger partial charge is 0.381 e. The highest BCUT2D eigenvalue weighted by molar-refractivity contribution is 5.31. The van der Waals surface area contributed by atoms with Crippen molar-refractivity contribution in [3.8, 4) is 0 Å². The molecule has 1 fully saturated rings. The Balaban J connectivity index is 2.05. The van der Waals surface area contributed by atoms with Gasteiger partial charge in [0, 0.05) is 31.9 Å². The van der Waals surface area contributed by atoms with Gasteiger partial charge in [-0.1, -0.05) is 30.3 Å². The fourth-order valence-electron chi connectivity index (χ4n) is 3.54. The van der Waals surface area contributed by atoms with Crippen molar-refractivity contribution in [1.82, 2.24) is 15.1 Å². The van der Waals surface area contributed by atoms with Crippen LogP contribution in [0.15, 0.2) is 42.6 Å². The molecule has 0 bridgehead atoms. The minimum atomic E-state index is 0.0443. The second kappa shape index (κ2) is 6.00. The molecular formula is C17H23N3O. The van der Waals surface area contributed by atoms with E-state index in [1.165, 1.54) is 5.56 Å². The van der Waals surface area contributed by atoms with E-state index in [1.807, 2.05) is 25.0 Å². The normalized spacial score (nSPS) is 19.3. The first kappa shape index (κ1) is 14.3. The molecule has 4 heteroatoms. The number of hydrogen-bond donors (Lipinski definition) is 1. The number of ether oxygens (including phenoxy) is 1. The highest BCUT2D eigenvalue weighted by Gasteiger charge is 2.42. The molecule has 4 nitrogen and oxygen atoms in total. The van der Waals surface area contributed by atoms with Gasteiger partial charge >= 0.3 is 0 Å². The molecule has 0 saturated carbocycles. The van der Waals surface area contributed by atoms with Gasteiger partial charge in [-0.3, -0.25) is 4.68 Å². The molecule has 0 aliphatic carbocycles. The molecule has 0 amide bonds. The summed E-state index contributed by atoms with van der Waals surface area (Å²) in [6, 6.07) is 13.1. The summed E-state index contributed by atoms with van der Waals surface area (Å²) >= 11 is 0. The zero-order valence-electron chi connectivity index (χ0n) is 12.7. The third kappa shape index (κ3) is 2.61. The molecule has 1 atom stereocenters. The molecule has 3 rings (SSSR count). The van der Waals surface area contributed by atoms with Gasteiger partial charge in [-0.25, -0.2) is 0 Å². The predicted molar refractivity (Wildman–Crippen MR) is 83.2 cm³/mol. The van der Waals surface area contributed by atoms with E-state index < -0.39 is 0 Å². The minimum Gasteiger partial charge on any atom is -0.381 e. The van der Waals surface area contributed by atoms with E-state index in [4.69, 9.17) is 4.74 Å². The van der Waals surface area contributed by atoms with Gasteiger partial charge in [0.05, 0.1) is 11.7 Å². The Bertz CT molecular complexity index is 573. The van der Waals surface area contributed by atoms with E-state index >= 15 is 0 Å². The number of aromatic nitrogens is 2. The standard InChI is InChI=1S/C17H23N3O/c1-18-16(15-8-11-20(2)19-15)17(9-12-21-13-10-17)14-6-4-3-5-7-14/h3-8,11,16,18H,9-10,12-13H2,1-2H3. The van der Waals surface area contributed by atoms with Crippen LogP contribution in [0.25, 0.3) is 0 Å². The second-order valence-corrected chi connectivity index (χ2v) is 5.77. The molecule has 2 heterocycles. The number of likely N-dealkylation sites (N-methyl/N-ethyl adjacent to an activating group) is 1. The van der Waals surface area contributed by atoms with E-state index in [0.29, 0.717) is 0 Å². The van der Waals surface area contributed by atoms with E-state index in [9.17, 15) is 0 Å². The Morgan fingerprint density at radius 1 is 1.19 bits per heavy atom. The smallest absolute Gasteiger partial charge is 0.0802 e. The van der Waals surface area contributed by atoms with Crippen molar-refractivity contribution in [2.45, 2.75) is 24.3 Å².